The molecule has 1 aromatic rings. The van der Waals surface area contributed by atoms with E-state index in [1.807, 2.05) is 0 Å². The maximum Gasteiger partial charge on any atom is 1.00 e. The predicted octanol–water partition coefficient (Wildman–Crippen LogP) is -1.34. The van der Waals surface area contributed by atoms with Crippen molar-refractivity contribution in [3.8, 4) is 0 Å². The Hall–Kier alpha value is 0.250. The van der Waals surface area contributed by atoms with Crippen LogP contribution in [-0.2, 0) is 9.37 Å². The summed E-state index contributed by atoms with van der Waals surface area (Å²) in [5, 5.41) is 14.9. The molecule has 0 aliphatic rings. The zero-order chi connectivity index (χ0) is 9.52. The summed E-state index contributed by atoms with van der Waals surface area (Å²) in [6, 6.07) is 6.87. The van der Waals surface area contributed by atoms with Gasteiger partial charge in [-0.3, -0.25) is 5.04 Å². The average Bonchev–Trinajstić information content (AvgIpc) is 2.17. The van der Waals surface area contributed by atoms with Crippen molar-refractivity contribution < 1.29 is 44.2 Å². The number of thiocarbonyl (C=S) groups is 1. The van der Waals surface area contributed by atoms with Crippen LogP contribution < -0.4 is 34.8 Å². The van der Waals surface area contributed by atoms with Gasteiger partial charge in [-0.25, -0.2) is 0 Å². The Balaban J connectivity index is 0.00000169. The molecule has 0 saturated carbocycles. The van der Waals surface area contributed by atoms with Crippen LogP contribution in [0.25, 0.3) is 0 Å². The third-order valence-corrected chi connectivity index (χ3v) is 1.85. The number of hydrogen-bond donors (Lipinski definition) is 0. The van der Waals surface area contributed by atoms with Crippen LogP contribution in [0.2, 0.25) is 0 Å². The molecule has 0 bridgehead atoms. The summed E-state index contributed by atoms with van der Waals surface area (Å²) < 4.78 is 4.11. The minimum atomic E-state index is 0. The third kappa shape index (κ3) is 5.21. The Labute approximate surface area is 113 Å². The minimum Gasteiger partial charge on any atom is -0.691 e. The Bertz CT molecular complexity index is 313. The van der Waals surface area contributed by atoms with E-state index in [1.54, 1.807) is 24.3 Å². The van der Waals surface area contributed by atoms with Gasteiger partial charge in [-0.05, 0) is 36.5 Å². The van der Waals surface area contributed by atoms with Crippen molar-refractivity contribution in [2.75, 3.05) is 0 Å². The number of nitrogens with zero attached hydrogens (tertiary/aromatic N) is 1. The monoisotopic (exact) mass is 237 g/mol. The molecule has 0 N–H and O–H groups in total. The first kappa shape index (κ1) is 14.2. The van der Waals surface area contributed by atoms with Crippen molar-refractivity contribution in [2.24, 2.45) is 4.99 Å². The van der Waals surface area contributed by atoms with E-state index in [0.29, 0.717) is 5.69 Å². The van der Waals surface area contributed by atoms with Gasteiger partial charge in [0.25, 0.3) is 0 Å². The second-order valence-corrected chi connectivity index (χ2v) is 2.87. The van der Waals surface area contributed by atoms with Gasteiger partial charge in [-0.1, -0.05) is 0 Å². The van der Waals surface area contributed by atoms with Crippen molar-refractivity contribution in [3.05, 3.63) is 24.3 Å². The van der Waals surface area contributed by atoms with Crippen LogP contribution in [0.15, 0.2) is 34.2 Å². The Kier molecular flexibility index (Phi) is 8.70. The third-order valence-electron chi connectivity index (χ3n) is 1.17. The van der Waals surface area contributed by atoms with Crippen LogP contribution >= 0.6 is 24.3 Å². The normalized spacial score (nSPS) is 8.64. The van der Waals surface area contributed by atoms with Crippen LogP contribution in [0.4, 0.5) is 5.69 Å². The summed E-state index contributed by atoms with van der Waals surface area (Å²) in [6.45, 7) is 0. The fourth-order valence-electron chi connectivity index (χ4n) is 0.682. The van der Waals surface area contributed by atoms with Crippen LogP contribution in [0.3, 0.4) is 0 Å². The van der Waals surface area contributed by atoms with E-state index >= 15 is 0 Å². The standard InChI is InChI=1S/C7H5NO3S2.Na/c9-10-11-13-7-3-1-6(2-4-7)8-5-12;/h1-4,9H;/q;+1/p-1. The fourth-order valence-corrected chi connectivity index (χ4v) is 1.14. The second-order valence-electron chi connectivity index (χ2n) is 1.92. The summed E-state index contributed by atoms with van der Waals surface area (Å²) in [5.74, 6) is 0. The van der Waals surface area contributed by atoms with Gasteiger partial charge in [-0.2, -0.15) is 9.33 Å². The summed E-state index contributed by atoms with van der Waals surface area (Å²) in [5.41, 5.74) is 0.697. The largest absolute Gasteiger partial charge is 1.00 e. The van der Waals surface area contributed by atoms with Gasteiger partial charge < -0.3 is 5.26 Å². The summed E-state index contributed by atoms with van der Waals surface area (Å²) >= 11 is 5.25. The Morgan fingerprint density at radius 1 is 1.36 bits per heavy atom. The molecular weight excluding hydrogens is 233 g/mol. The van der Waals surface area contributed by atoms with Crippen molar-refractivity contribution in [1.82, 2.24) is 0 Å². The fraction of sp³-hybridized carbons (Fsp3) is 0. The van der Waals surface area contributed by atoms with Crippen LogP contribution in [0.1, 0.15) is 0 Å². The molecule has 0 unspecified atom stereocenters. The molecule has 0 saturated heterocycles. The van der Waals surface area contributed by atoms with Gasteiger partial charge in [0.15, 0.2) is 0 Å². The van der Waals surface area contributed by atoms with Gasteiger partial charge in [0, 0.05) is 4.90 Å². The Morgan fingerprint density at radius 3 is 2.50 bits per heavy atom. The number of aliphatic imine (C=N–C) groups is 1. The molecule has 0 amide bonds. The van der Waals surface area contributed by atoms with E-state index in [2.05, 4.69) is 31.7 Å². The molecule has 1 rings (SSSR count). The number of hydrogen-bond acceptors (Lipinski definition) is 6. The molecule has 0 atom stereocenters. The van der Waals surface area contributed by atoms with Gasteiger partial charge in [0.2, 0.25) is 0 Å². The molecule has 1 aromatic carbocycles. The molecule has 0 spiro atoms. The predicted molar refractivity (Wildman–Crippen MR) is 49.2 cm³/mol. The molecule has 0 aliphatic carbocycles. The van der Waals surface area contributed by atoms with E-state index in [4.69, 9.17) is 0 Å². The SMILES string of the molecule is [Na+].[O-]OOSc1ccc(N=C=S)cc1. The van der Waals surface area contributed by atoms with E-state index in [9.17, 15) is 5.26 Å². The first-order chi connectivity index (χ1) is 6.36. The zero-order valence-corrected chi connectivity index (χ0v) is 10.9. The molecule has 0 aromatic heterocycles. The van der Waals surface area contributed by atoms with E-state index in [1.165, 1.54) is 0 Å². The maximum atomic E-state index is 9.49. The zero-order valence-electron chi connectivity index (χ0n) is 7.30. The maximum absolute atomic E-state index is 9.49. The molecular formula is C7H4NNaO3S2. The Morgan fingerprint density at radius 2 is 2.00 bits per heavy atom. The van der Waals surface area contributed by atoms with E-state index in [-0.39, 0.29) is 29.6 Å². The van der Waals surface area contributed by atoms with Crippen molar-refractivity contribution in [2.45, 2.75) is 4.90 Å². The first-order valence-electron chi connectivity index (χ1n) is 3.18. The molecule has 7 heteroatoms. The number of rotatable bonds is 4. The molecule has 4 nitrogen and oxygen atoms in total. The van der Waals surface area contributed by atoms with Crippen LogP contribution in [0, 0.1) is 0 Å². The summed E-state index contributed by atoms with van der Waals surface area (Å²) in [6.07, 6.45) is 0. The molecule has 0 aliphatic heterocycles. The van der Waals surface area contributed by atoms with Crippen LogP contribution in [0.5, 0.6) is 0 Å². The summed E-state index contributed by atoms with van der Waals surface area (Å²) in [4.78, 5) is 4.49. The first-order valence-corrected chi connectivity index (χ1v) is 4.33. The molecule has 0 heterocycles. The average molecular weight is 237 g/mol. The second kappa shape index (κ2) is 8.55. The van der Waals surface area contributed by atoms with E-state index < -0.39 is 0 Å². The van der Waals surface area contributed by atoms with Crippen LogP contribution in [-0.4, -0.2) is 5.16 Å². The van der Waals surface area contributed by atoms with Crippen molar-refractivity contribution >= 4 is 35.1 Å². The van der Waals surface area contributed by atoms with Gasteiger partial charge in [-0.15, -0.1) is 0 Å². The number of isothiocyanates is 1. The number of benzene rings is 1. The molecule has 0 fully saturated rings. The molecule has 0 radical (unpaired) electrons. The van der Waals surface area contributed by atoms with Gasteiger partial charge >= 0.3 is 29.6 Å². The smallest absolute Gasteiger partial charge is 0.691 e. The van der Waals surface area contributed by atoms with Crippen molar-refractivity contribution in [1.29, 1.82) is 0 Å². The summed E-state index contributed by atoms with van der Waals surface area (Å²) in [7, 11) is 0. The topological polar surface area (TPSA) is 53.9 Å². The quantitative estimate of drug-likeness (QED) is 0.162. The van der Waals surface area contributed by atoms with E-state index in [0.717, 1.165) is 16.9 Å². The van der Waals surface area contributed by atoms with Gasteiger partial charge in [0.05, 0.1) is 22.9 Å². The molecule has 14 heavy (non-hydrogen) atoms. The van der Waals surface area contributed by atoms with Crippen molar-refractivity contribution in [3.63, 3.8) is 0 Å². The molecule has 68 valence electrons. The van der Waals surface area contributed by atoms with Gasteiger partial charge in [0.1, 0.15) is 0 Å². The minimum absolute atomic E-state index is 0.